The second kappa shape index (κ2) is 4.94. The van der Waals surface area contributed by atoms with Crippen LogP contribution in [-0.2, 0) is 11.3 Å². The molecule has 1 heterocycles. The Hall–Kier alpha value is -1.62. The molecule has 2 aromatic rings. The number of rotatable bonds is 3. The fourth-order valence-corrected chi connectivity index (χ4v) is 2.18. The van der Waals surface area contributed by atoms with Crippen molar-refractivity contribution in [2.75, 3.05) is 13.6 Å². The van der Waals surface area contributed by atoms with E-state index in [1.54, 1.807) is 11.9 Å². The number of hydrogen-bond acceptors (Lipinski definition) is 2. The average molecular weight is 263 g/mol. The number of para-hydroxylation sites is 1. The van der Waals surface area contributed by atoms with E-state index in [-0.39, 0.29) is 12.5 Å². The summed E-state index contributed by atoms with van der Waals surface area (Å²) in [4.78, 5) is 16.8. The predicted molar refractivity (Wildman–Crippen MR) is 75.2 cm³/mol. The molecule has 4 nitrogen and oxygen atoms in total. The number of hydrogen-bond donors (Lipinski definition) is 1. The summed E-state index contributed by atoms with van der Waals surface area (Å²) in [6.07, 6.45) is 0. The summed E-state index contributed by atoms with van der Waals surface area (Å²) in [5, 5.41) is 0. The van der Waals surface area contributed by atoms with Crippen molar-refractivity contribution in [1.82, 2.24) is 14.5 Å². The molecule has 96 valence electrons. The lowest BCUT2D eigenvalue weighted by Gasteiger charge is -2.15. The van der Waals surface area contributed by atoms with Crippen LogP contribution in [-0.4, -0.2) is 34.0 Å². The second-order valence-corrected chi connectivity index (χ2v) is 4.78. The molecule has 0 saturated heterocycles. The van der Waals surface area contributed by atoms with Crippen LogP contribution in [0.25, 0.3) is 11.0 Å². The Kier molecular flexibility index (Phi) is 3.52. The summed E-state index contributed by atoms with van der Waals surface area (Å²) < 4.78 is 2.45. The normalized spacial score (nSPS) is 10.8. The summed E-state index contributed by atoms with van der Waals surface area (Å²) in [5.41, 5.74) is 3.13. The molecular formula is C13H17N3OS. The molecule has 0 unspecified atom stereocenters. The summed E-state index contributed by atoms with van der Waals surface area (Å²) in [5.74, 6) is 0.0657. The Labute approximate surface area is 111 Å². The van der Waals surface area contributed by atoms with Gasteiger partial charge in [0.15, 0.2) is 4.77 Å². The molecule has 0 bridgehead atoms. The number of aryl methyl sites for hydroxylation is 1. The Bertz CT molecular complexity index is 641. The highest BCUT2D eigenvalue weighted by molar-refractivity contribution is 7.71. The second-order valence-electron chi connectivity index (χ2n) is 4.39. The van der Waals surface area contributed by atoms with Gasteiger partial charge >= 0.3 is 0 Å². The van der Waals surface area contributed by atoms with Gasteiger partial charge in [0.05, 0.1) is 11.0 Å². The number of fused-ring (bicyclic) bond motifs is 1. The fraction of sp³-hybridized carbons (Fsp3) is 0.385. The first-order valence-corrected chi connectivity index (χ1v) is 6.37. The minimum atomic E-state index is 0.0657. The molecule has 0 aliphatic rings. The zero-order valence-corrected chi connectivity index (χ0v) is 11.7. The molecule has 0 atom stereocenters. The van der Waals surface area contributed by atoms with Gasteiger partial charge in [0.25, 0.3) is 0 Å². The highest BCUT2D eigenvalue weighted by atomic mass is 32.1. The molecule has 1 aromatic carbocycles. The third-order valence-corrected chi connectivity index (χ3v) is 3.53. The van der Waals surface area contributed by atoms with Gasteiger partial charge in [-0.25, -0.2) is 0 Å². The zero-order valence-electron chi connectivity index (χ0n) is 10.9. The molecule has 1 aromatic heterocycles. The summed E-state index contributed by atoms with van der Waals surface area (Å²) >= 11 is 5.29. The van der Waals surface area contributed by atoms with E-state index in [2.05, 4.69) is 4.98 Å². The lowest BCUT2D eigenvalue weighted by Crippen LogP contribution is -2.29. The third-order valence-electron chi connectivity index (χ3n) is 3.21. The minimum absolute atomic E-state index is 0.0657. The van der Waals surface area contributed by atoms with Gasteiger partial charge < -0.3 is 14.5 Å². The summed E-state index contributed by atoms with van der Waals surface area (Å²) in [7, 11) is 1.80. The standard InChI is InChI=1S/C13H17N3OS/c1-4-15(3)11(17)8-16-10-7-5-6-9(2)12(10)14-13(16)18/h5-7H,4,8H2,1-3H3,(H,14,18). The number of nitrogens with one attached hydrogen (secondary N) is 1. The molecule has 0 radical (unpaired) electrons. The molecule has 18 heavy (non-hydrogen) atoms. The monoisotopic (exact) mass is 263 g/mol. The maximum Gasteiger partial charge on any atom is 0.242 e. The number of benzene rings is 1. The van der Waals surface area contributed by atoms with Crippen LogP contribution in [0.3, 0.4) is 0 Å². The Morgan fingerprint density at radius 3 is 2.89 bits per heavy atom. The van der Waals surface area contributed by atoms with Crippen molar-refractivity contribution in [2.24, 2.45) is 0 Å². The number of likely N-dealkylation sites (N-methyl/N-ethyl adjacent to an activating group) is 1. The zero-order chi connectivity index (χ0) is 13.3. The van der Waals surface area contributed by atoms with Gasteiger partial charge in [0.1, 0.15) is 6.54 Å². The Morgan fingerprint density at radius 2 is 2.22 bits per heavy atom. The quantitative estimate of drug-likeness (QED) is 0.864. The van der Waals surface area contributed by atoms with Gasteiger partial charge in [-0.2, -0.15) is 0 Å². The van der Waals surface area contributed by atoms with E-state index >= 15 is 0 Å². The molecule has 0 spiro atoms. The first kappa shape index (κ1) is 12.8. The van der Waals surface area contributed by atoms with E-state index in [1.165, 1.54) is 0 Å². The molecule has 1 amide bonds. The summed E-state index contributed by atoms with van der Waals surface area (Å²) in [6, 6.07) is 5.98. The average Bonchev–Trinajstić information content (AvgIpc) is 2.67. The molecule has 1 N–H and O–H groups in total. The van der Waals surface area contributed by atoms with Crippen molar-refractivity contribution < 1.29 is 4.79 Å². The molecular weight excluding hydrogens is 246 g/mol. The predicted octanol–water partition coefficient (Wildman–Crippen LogP) is 2.49. The molecule has 2 rings (SSSR count). The number of aromatic amines is 1. The van der Waals surface area contributed by atoms with E-state index in [0.717, 1.165) is 16.6 Å². The van der Waals surface area contributed by atoms with Crippen LogP contribution >= 0.6 is 12.2 Å². The highest BCUT2D eigenvalue weighted by Crippen LogP contribution is 2.17. The van der Waals surface area contributed by atoms with Crippen molar-refractivity contribution in [2.45, 2.75) is 20.4 Å². The largest absolute Gasteiger partial charge is 0.344 e. The summed E-state index contributed by atoms with van der Waals surface area (Å²) in [6.45, 7) is 4.97. The molecule has 5 heteroatoms. The van der Waals surface area contributed by atoms with Crippen LogP contribution < -0.4 is 0 Å². The number of carbonyl (C=O) groups excluding carboxylic acids is 1. The Morgan fingerprint density at radius 1 is 1.50 bits per heavy atom. The molecule has 0 saturated carbocycles. The van der Waals surface area contributed by atoms with E-state index < -0.39 is 0 Å². The highest BCUT2D eigenvalue weighted by Gasteiger charge is 2.12. The van der Waals surface area contributed by atoms with E-state index in [9.17, 15) is 4.79 Å². The van der Waals surface area contributed by atoms with Crippen LogP contribution in [0.4, 0.5) is 0 Å². The third kappa shape index (κ3) is 2.18. The van der Waals surface area contributed by atoms with Crippen LogP contribution in [0.1, 0.15) is 12.5 Å². The number of amides is 1. The van der Waals surface area contributed by atoms with Gasteiger partial charge in [-0.1, -0.05) is 12.1 Å². The van der Waals surface area contributed by atoms with Crippen molar-refractivity contribution >= 4 is 29.2 Å². The topological polar surface area (TPSA) is 41.0 Å². The van der Waals surface area contributed by atoms with Gasteiger partial charge in [0, 0.05) is 13.6 Å². The van der Waals surface area contributed by atoms with Gasteiger partial charge in [0.2, 0.25) is 5.91 Å². The van der Waals surface area contributed by atoms with Crippen molar-refractivity contribution in [3.63, 3.8) is 0 Å². The lowest BCUT2D eigenvalue weighted by molar-refractivity contribution is -0.130. The van der Waals surface area contributed by atoms with Gasteiger partial charge in [-0.15, -0.1) is 0 Å². The number of carbonyl (C=O) groups is 1. The first-order valence-electron chi connectivity index (χ1n) is 5.96. The number of H-pyrrole nitrogens is 1. The smallest absolute Gasteiger partial charge is 0.242 e. The van der Waals surface area contributed by atoms with Gasteiger partial charge in [-0.05, 0) is 37.7 Å². The van der Waals surface area contributed by atoms with Crippen molar-refractivity contribution in [3.05, 3.63) is 28.5 Å². The first-order chi connectivity index (χ1) is 8.54. The van der Waals surface area contributed by atoms with E-state index in [0.29, 0.717) is 11.3 Å². The lowest BCUT2D eigenvalue weighted by atomic mass is 10.2. The molecule has 0 aliphatic heterocycles. The van der Waals surface area contributed by atoms with Crippen LogP contribution in [0.5, 0.6) is 0 Å². The number of nitrogens with zero attached hydrogens (tertiary/aromatic N) is 2. The maximum atomic E-state index is 12.0. The van der Waals surface area contributed by atoms with Crippen LogP contribution in [0, 0.1) is 11.7 Å². The molecule has 0 fully saturated rings. The Balaban J connectivity index is 2.46. The van der Waals surface area contributed by atoms with Crippen molar-refractivity contribution in [1.29, 1.82) is 0 Å². The molecule has 0 aliphatic carbocycles. The number of aromatic nitrogens is 2. The fourth-order valence-electron chi connectivity index (χ4n) is 1.91. The van der Waals surface area contributed by atoms with Crippen LogP contribution in [0.15, 0.2) is 18.2 Å². The van der Waals surface area contributed by atoms with Crippen LogP contribution in [0.2, 0.25) is 0 Å². The van der Waals surface area contributed by atoms with E-state index in [4.69, 9.17) is 12.2 Å². The SMILES string of the molecule is CCN(C)C(=O)Cn1c(=S)[nH]c2c(C)cccc21. The van der Waals surface area contributed by atoms with Crippen molar-refractivity contribution in [3.8, 4) is 0 Å². The minimum Gasteiger partial charge on any atom is -0.344 e. The number of imidazole rings is 1. The van der Waals surface area contributed by atoms with Gasteiger partial charge in [-0.3, -0.25) is 4.79 Å². The van der Waals surface area contributed by atoms with E-state index in [1.807, 2.05) is 36.6 Å². The maximum absolute atomic E-state index is 12.0.